The highest BCUT2D eigenvalue weighted by molar-refractivity contribution is 5.48. The Bertz CT molecular complexity index is 282. The maximum absolute atomic E-state index is 5.26. The van der Waals surface area contributed by atoms with Crippen LogP contribution in [0.3, 0.4) is 0 Å². The summed E-state index contributed by atoms with van der Waals surface area (Å²) in [5.41, 5.74) is 2.51. The van der Waals surface area contributed by atoms with E-state index < -0.39 is 0 Å². The summed E-state index contributed by atoms with van der Waals surface area (Å²) in [7, 11) is 0. The van der Waals surface area contributed by atoms with E-state index in [1.165, 1.54) is 19.2 Å². The van der Waals surface area contributed by atoms with Gasteiger partial charge < -0.3 is 10.3 Å². The molecule has 5 nitrogen and oxygen atoms in total. The van der Waals surface area contributed by atoms with Crippen LogP contribution in [0.5, 0.6) is 0 Å². The van der Waals surface area contributed by atoms with Crippen LogP contribution >= 0.6 is 0 Å². The fraction of sp³-hybridized carbons (Fsp3) is 0.500. The summed E-state index contributed by atoms with van der Waals surface area (Å²) >= 11 is 0. The van der Waals surface area contributed by atoms with Gasteiger partial charge in [0.1, 0.15) is 18.0 Å². The van der Waals surface area contributed by atoms with Crippen LogP contribution in [0.2, 0.25) is 0 Å². The van der Waals surface area contributed by atoms with E-state index in [-0.39, 0.29) is 0 Å². The number of hydrogen-bond acceptors (Lipinski definition) is 5. The van der Waals surface area contributed by atoms with E-state index in [9.17, 15) is 0 Å². The second kappa shape index (κ2) is 3.57. The van der Waals surface area contributed by atoms with Crippen LogP contribution in [-0.4, -0.2) is 23.1 Å². The summed E-state index contributed by atoms with van der Waals surface area (Å²) in [6.07, 6.45) is 4.02. The van der Waals surface area contributed by atoms with Gasteiger partial charge in [0.2, 0.25) is 0 Å². The first-order chi connectivity index (χ1) is 6.40. The number of nitrogen functional groups attached to an aromatic ring is 1. The lowest BCUT2D eigenvalue weighted by molar-refractivity contribution is 0.927. The minimum atomic E-state index is 0.664. The molecule has 0 unspecified atom stereocenters. The average Bonchev–Trinajstić information content (AvgIpc) is 2.71. The van der Waals surface area contributed by atoms with Gasteiger partial charge in [0.05, 0.1) is 0 Å². The molecule has 0 aromatic carbocycles. The number of aromatic nitrogens is 2. The molecule has 2 heterocycles. The normalized spacial score (nSPS) is 16.2. The maximum atomic E-state index is 5.26. The molecule has 0 aliphatic carbocycles. The Balaban J connectivity index is 2.18. The van der Waals surface area contributed by atoms with E-state index in [0.29, 0.717) is 5.82 Å². The first-order valence-corrected chi connectivity index (χ1v) is 4.44. The third-order valence-electron chi connectivity index (χ3n) is 2.23. The number of nitrogens with one attached hydrogen (secondary N) is 1. The molecule has 2 rings (SSSR count). The number of nitrogens with zero attached hydrogens (tertiary/aromatic N) is 3. The Hall–Kier alpha value is -1.36. The van der Waals surface area contributed by atoms with Gasteiger partial charge in [0, 0.05) is 19.2 Å². The van der Waals surface area contributed by atoms with E-state index in [1.807, 2.05) is 6.07 Å². The summed E-state index contributed by atoms with van der Waals surface area (Å²) < 4.78 is 0. The molecule has 0 amide bonds. The van der Waals surface area contributed by atoms with Gasteiger partial charge in [-0.1, -0.05) is 0 Å². The fourth-order valence-electron chi connectivity index (χ4n) is 1.55. The van der Waals surface area contributed by atoms with Gasteiger partial charge >= 0.3 is 0 Å². The van der Waals surface area contributed by atoms with Crippen molar-refractivity contribution in [1.29, 1.82) is 0 Å². The number of hydrogen-bond donors (Lipinski definition) is 2. The summed E-state index contributed by atoms with van der Waals surface area (Å²) in [6.45, 7) is 2.17. The van der Waals surface area contributed by atoms with Crippen LogP contribution in [0.25, 0.3) is 0 Å². The van der Waals surface area contributed by atoms with Crippen molar-refractivity contribution in [2.24, 2.45) is 5.84 Å². The standard InChI is InChI=1S/C8H13N5/c9-12-7-5-8(11-6-10-7)13-3-1-2-4-13/h5-6H,1-4,9H2,(H,10,11,12). The average molecular weight is 179 g/mol. The first-order valence-electron chi connectivity index (χ1n) is 4.44. The lowest BCUT2D eigenvalue weighted by Crippen LogP contribution is -2.19. The van der Waals surface area contributed by atoms with E-state index >= 15 is 0 Å². The predicted molar refractivity (Wildman–Crippen MR) is 51.3 cm³/mol. The summed E-state index contributed by atoms with van der Waals surface area (Å²) in [5.74, 6) is 6.88. The molecule has 1 aliphatic heterocycles. The van der Waals surface area contributed by atoms with Crippen LogP contribution in [0.15, 0.2) is 12.4 Å². The summed E-state index contributed by atoms with van der Waals surface area (Å²) in [4.78, 5) is 10.4. The van der Waals surface area contributed by atoms with Crippen molar-refractivity contribution in [2.75, 3.05) is 23.4 Å². The van der Waals surface area contributed by atoms with Gasteiger partial charge in [-0.15, -0.1) is 0 Å². The van der Waals surface area contributed by atoms with Crippen molar-refractivity contribution in [3.05, 3.63) is 12.4 Å². The topological polar surface area (TPSA) is 67.1 Å². The Kier molecular flexibility index (Phi) is 2.27. The quantitative estimate of drug-likeness (QED) is 0.507. The molecular weight excluding hydrogens is 166 g/mol. The lowest BCUT2D eigenvalue weighted by Gasteiger charge is -2.15. The second-order valence-electron chi connectivity index (χ2n) is 3.10. The molecule has 1 aliphatic rings. The number of hydrazine groups is 1. The minimum Gasteiger partial charge on any atom is -0.356 e. The number of rotatable bonds is 2. The molecule has 0 radical (unpaired) electrons. The monoisotopic (exact) mass is 179 g/mol. The van der Waals surface area contributed by atoms with Crippen LogP contribution in [0, 0.1) is 0 Å². The van der Waals surface area contributed by atoms with Gasteiger partial charge in [-0.3, -0.25) is 0 Å². The molecule has 0 bridgehead atoms. The predicted octanol–water partition coefficient (Wildman–Crippen LogP) is 0.362. The van der Waals surface area contributed by atoms with Gasteiger partial charge in [0.15, 0.2) is 0 Å². The van der Waals surface area contributed by atoms with Crippen molar-refractivity contribution in [3.8, 4) is 0 Å². The second-order valence-corrected chi connectivity index (χ2v) is 3.10. The van der Waals surface area contributed by atoms with Crippen LogP contribution in [0.1, 0.15) is 12.8 Å². The summed E-state index contributed by atoms with van der Waals surface area (Å²) in [5, 5.41) is 0. The zero-order valence-corrected chi connectivity index (χ0v) is 7.40. The third-order valence-corrected chi connectivity index (χ3v) is 2.23. The van der Waals surface area contributed by atoms with Gasteiger partial charge in [-0.25, -0.2) is 15.8 Å². The van der Waals surface area contributed by atoms with Gasteiger partial charge in [0.25, 0.3) is 0 Å². The van der Waals surface area contributed by atoms with Crippen LogP contribution in [-0.2, 0) is 0 Å². The molecule has 1 saturated heterocycles. The maximum Gasteiger partial charge on any atom is 0.145 e. The van der Waals surface area contributed by atoms with Crippen LogP contribution in [0.4, 0.5) is 11.6 Å². The van der Waals surface area contributed by atoms with Crippen molar-refractivity contribution in [2.45, 2.75) is 12.8 Å². The Morgan fingerprint density at radius 1 is 1.31 bits per heavy atom. The molecular formula is C8H13N5. The van der Waals surface area contributed by atoms with Gasteiger partial charge in [-0.05, 0) is 12.8 Å². The molecule has 0 saturated carbocycles. The Morgan fingerprint density at radius 2 is 2.08 bits per heavy atom. The Labute approximate surface area is 76.9 Å². The molecule has 0 spiro atoms. The molecule has 3 N–H and O–H groups in total. The van der Waals surface area contributed by atoms with Crippen molar-refractivity contribution < 1.29 is 0 Å². The number of anilines is 2. The van der Waals surface area contributed by atoms with Gasteiger partial charge in [-0.2, -0.15) is 0 Å². The molecule has 5 heteroatoms. The molecule has 1 aromatic heterocycles. The van der Waals surface area contributed by atoms with E-state index in [1.54, 1.807) is 0 Å². The van der Waals surface area contributed by atoms with E-state index in [0.717, 1.165) is 18.9 Å². The molecule has 1 fully saturated rings. The zero-order valence-electron chi connectivity index (χ0n) is 7.40. The third kappa shape index (κ3) is 1.70. The number of nitrogens with two attached hydrogens (primary N) is 1. The molecule has 1 aromatic rings. The fourth-order valence-corrected chi connectivity index (χ4v) is 1.55. The van der Waals surface area contributed by atoms with E-state index in [4.69, 9.17) is 5.84 Å². The van der Waals surface area contributed by atoms with Crippen LogP contribution < -0.4 is 16.2 Å². The first kappa shape index (κ1) is 8.25. The summed E-state index contributed by atoms with van der Waals surface area (Å²) in [6, 6.07) is 1.87. The molecule has 70 valence electrons. The molecule has 13 heavy (non-hydrogen) atoms. The highest BCUT2D eigenvalue weighted by Gasteiger charge is 2.13. The minimum absolute atomic E-state index is 0.664. The Morgan fingerprint density at radius 3 is 2.77 bits per heavy atom. The zero-order chi connectivity index (χ0) is 9.10. The lowest BCUT2D eigenvalue weighted by atomic mass is 10.4. The van der Waals surface area contributed by atoms with Crippen molar-refractivity contribution in [3.63, 3.8) is 0 Å². The van der Waals surface area contributed by atoms with E-state index in [2.05, 4.69) is 20.3 Å². The molecule has 0 atom stereocenters. The van der Waals surface area contributed by atoms with Crippen molar-refractivity contribution >= 4 is 11.6 Å². The van der Waals surface area contributed by atoms with Crippen molar-refractivity contribution in [1.82, 2.24) is 9.97 Å². The smallest absolute Gasteiger partial charge is 0.145 e. The largest absolute Gasteiger partial charge is 0.356 e. The SMILES string of the molecule is NNc1cc(N2CCCC2)ncn1. The highest BCUT2D eigenvalue weighted by atomic mass is 15.3. The highest BCUT2D eigenvalue weighted by Crippen LogP contribution is 2.18.